The second-order valence-corrected chi connectivity index (χ2v) is 3.65. The van der Waals surface area contributed by atoms with E-state index in [1.165, 1.54) is 0 Å². The van der Waals surface area contributed by atoms with Crippen molar-refractivity contribution in [2.75, 3.05) is 19.8 Å². The quantitative estimate of drug-likeness (QED) is 0.776. The zero-order valence-electron chi connectivity index (χ0n) is 8.22. The van der Waals surface area contributed by atoms with Gasteiger partial charge in [-0.2, -0.15) is 5.10 Å². The molecule has 4 heteroatoms. The Labute approximate surface area is 83.5 Å². The number of aliphatic hydroxyl groups is 1. The van der Waals surface area contributed by atoms with E-state index in [0.29, 0.717) is 12.5 Å². The normalized spacial score (nSPS) is 18.6. The van der Waals surface area contributed by atoms with Crippen molar-refractivity contribution in [1.29, 1.82) is 0 Å². The molecule has 0 saturated carbocycles. The molecule has 0 aliphatic carbocycles. The Bertz CT molecular complexity index is 279. The first-order chi connectivity index (χ1) is 6.90. The minimum absolute atomic E-state index is 0.194. The van der Waals surface area contributed by atoms with Crippen molar-refractivity contribution in [3.63, 3.8) is 0 Å². The van der Waals surface area contributed by atoms with E-state index in [4.69, 9.17) is 9.84 Å². The summed E-state index contributed by atoms with van der Waals surface area (Å²) in [7, 11) is 0. The van der Waals surface area contributed by atoms with Gasteiger partial charge in [-0.15, -0.1) is 0 Å². The number of hydrogen-bond acceptors (Lipinski definition) is 3. The molecule has 14 heavy (non-hydrogen) atoms. The third-order valence-corrected chi connectivity index (χ3v) is 2.62. The van der Waals surface area contributed by atoms with E-state index in [-0.39, 0.29) is 6.61 Å². The fourth-order valence-corrected chi connectivity index (χ4v) is 1.78. The molecule has 0 spiro atoms. The van der Waals surface area contributed by atoms with Crippen LogP contribution in [-0.4, -0.2) is 34.7 Å². The van der Waals surface area contributed by atoms with Gasteiger partial charge in [-0.25, -0.2) is 0 Å². The Kier molecular flexibility index (Phi) is 3.16. The van der Waals surface area contributed by atoms with Crippen molar-refractivity contribution < 1.29 is 9.84 Å². The van der Waals surface area contributed by atoms with Gasteiger partial charge >= 0.3 is 0 Å². The van der Waals surface area contributed by atoms with Crippen molar-refractivity contribution in [3.8, 4) is 0 Å². The van der Waals surface area contributed by atoms with Crippen LogP contribution in [0.25, 0.3) is 0 Å². The van der Waals surface area contributed by atoms with Crippen LogP contribution in [0.1, 0.15) is 24.4 Å². The summed E-state index contributed by atoms with van der Waals surface area (Å²) in [6.45, 7) is 1.86. The highest BCUT2D eigenvalue weighted by Crippen LogP contribution is 2.20. The number of hydrogen-bond donors (Lipinski definition) is 1. The lowest BCUT2D eigenvalue weighted by atomic mass is 10.1. The van der Waals surface area contributed by atoms with Crippen LogP contribution < -0.4 is 0 Å². The number of rotatable bonds is 3. The van der Waals surface area contributed by atoms with Crippen LogP contribution in [-0.2, 0) is 11.2 Å². The number of aliphatic hydroxyl groups excluding tert-OH is 1. The zero-order valence-corrected chi connectivity index (χ0v) is 8.22. The second-order valence-electron chi connectivity index (χ2n) is 3.65. The summed E-state index contributed by atoms with van der Waals surface area (Å²) in [6.07, 6.45) is 6.65. The highest BCUT2D eigenvalue weighted by atomic mass is 16.5. The topological polar surface area (TPSA) is 47.3 Å². The SMILES string of the molecule is OCCc1cnn(C2CCOCC2)c1. The predicted molar refractivity (Wildman–Crippen MR) is 52.1 cm³/mol. The van der Waals surface area contributed by atoms with Crippen molar-refractivity contribution in [3.05, 3.63) is 18.0 Å². The number of aromatic nitrogens is 2. The highest BCUT2D eigenvalue weighted by molar-refractivity contribution is 5.04. The summed E-state index contributed by atoms with van der Waals surface area (Å²) < 4.78 is 7.30. The molecule has 1 aromatic rings. The molecule has 1 saturated heterocycles. The standard InChI is InChI=1S/C10H16N2O2/c13-4-1-9-7-11-12(8-9)10-2-5-14-6-3-10/h7-8,10,13H,1-6H2. The van der Waals surface area contributed by atoms with E-state index in [1.807, 2.05) is 17.1 Å². The molecule has 1 aromatic heterocycles. The average molecular weight is 196 g/mol. The number of nitrogens with zero attached hydrogens (tertiary/aromatic N) is 2. The molecule has 0 bridgehead atoms. The summed E-state index contributed by atoms with van der Waals surface area (Å²) >= 11 is 0. The van der Waals surface area contributed by atoms with Crippen molar-refractivity contribution in [2.45, 2.75) is 25.3 Å². The Balaban J connectivity index is 2.00. The molecule has 2 rings (SSSR count). The molecule has 0 radical (unpaired) electrons. The van der Waals surface area contributed by atoms with Crippen LogP contribution in [0.2, 0.25) is 0 Å². The zero-order chi connectivity index (χ0) is 9.80. The summed E-state index contributed by atoms with van der Waals surface area (Å²) in [6, 6.07) is 0.483. The molecule has 1 aliphatic heterocycles. The van der Waals surface area contributed by atoms with Gasteiger partial charge in [-0.3, -0.25) is 4.68 Å². The van der Waals surface area contributed by atoms with Gasteiger partial charge in [0.05, 0.1) is 12.2 Å². The maximum atomic E-state index is 8.78. The molecule has 0 unspecified atom stereocenters. The fourth-order valence-electron chi connectivity index (χ4n) is 1.78. The van der Waals surface area contributed by atoms with Crippen LogP contribution in [0.15, 0.2) is 12.4 Å². The lowest BCUT2D eigenvalue weighted by Crippen LogP contribution is -2.19. The first-order valence-corrected chi connectivity index (χ1v) is 5.12. The number of ether oxygens (including phenoxy) is 1. The molecule has 1 aliphatic rings. The molecule has 0 atom stereocenters. The molecule has 2 heterocycles. The van der Waals surface area contributed by atoms with E-state index in [9.17, 15) is 0 Å². The van der Waals surface area contributed by atoms with Gasteiger partial charge < -0.3 is 9.84 Å². The first-order valence-electron chi connectivity index (χ1n) is 5.12. The van der Waals surface area contributed by atoms with Gasteiger partial charge in [0.2, 0.25) is 0 Å². The first kappa shape index (κ1) is 9.68. The van der Waals surface area contributed by atoms with E-state index < -0.39 is 0 Å². The maximum Gasteiger partial charge on any atom is 0.0563 e. The Hall–Kier alpha value is -0.870. The minimum Gasteiger partial charge on any atom is -0.396 e. The van der Waals surface area contributed by atoms with Crippen molar-refractivity contribution in [1.82, 2.24) is 9.78 Å². The summed E-state index contributed by atoms with van der Waals surface area (Å²) in [4.78, 5) is 0. The fraction of sp³-hybridized carbons (Fsp3) is 0.700. The van der Waals surface area contributed by atoms with Crippen LogP contribution in [0.3, 0.4) is 0 Å². The van der Waals surface area contributed by atoms with Gasteiger partial charge in [0.25, 0.3) is 0 Å². The third-order valence-electron chi connectivity index (χ3n) is 2.62. The lowest BCUT2D eigenvalue weighted by molar-refractivity contribution is 0.0662. The molecule has 1 fully saturated rings. The monoisotopic (exact) mass is 196 g/mol. The van der Waals surface area contributed by atoms with Gasteiger partial charge in [-0.05, 0) is 24.8 Å². The average Bonchev–Trinajstić information content (AvgIpc) is 2.68. The Morgan fingerprint density at radius 2 is 2.29 bits per heavy atom. The van der Waals surface area contributed by atoms with Gasteiger partial charge in [0.1, 0.15) is 0 Å². The van der Waals surface area contributed by atoms with Gasteiger partial charge in [0, 0.05) is 26.0 Å². The molecule has 0 aromatic carbocycles. The smallest absolute Gasteiger partial charge is 0.0563 e. The van der Waals surface area contributed by atoms with E-state index in [1.54, 1.807) is 0 Å². The maximum absolute atomic E-state index is 8.78. The third kappa shape index (κ3) is 2.13. The van der Waals surface area contributed by atoms with Gasteiger partial charge in [0.15, 0.2) is 0 Å². The van der Waals surface area contributed by atoms with Gasteiger partial charge in [-0.1, -0.05) is 0 Å². The molecule has 0 amide bonds. The molecular formula is C10H16N2O2. The Morgan fingerprint density at radius 1 is 1.50 bits per heavy atom. The summed E-state index contributed by atoms with van der Waals surface area (Å²) in [5.41, 5.74) is 1.11. The highest BCUT2D eigenvalue weighted by Gasteiger charge is 2.15. The van der Waals surface area contributed by atoms with Crippen molar-refractivity contribution >= 4 is 0 Å². The molecule has 4 nitrogen and oxygen atoms in total. The molecule has 1 N–H and O–H groups in total. The van der Waals surface area contributed by atoms with Crippen LogP contribution in [0.4, 0.5) is 0 Å². The van der Waals surface area contributed by atoms with Crippen LogP contribution >= 0.6 is 0 Å². The minimum atomic E-state index is 0.194. The van der Waals surface area contributed by atoms with E-state index in [2.05, 4.69) is 5.10 Å². The lowest BCUT2D eigenvalue weighted by Gasteiger charge is -2.22. The predicted octanol–water partition coefficient (Wildman–Crippen LogP) is 0.769. The van der Waals surface area contributed by atoms with Crippen molar-refractivity contribution in [2.24, 2.45) is 0 Å². The molecular weight excluding hydrogens is 180 g/mol. The van der Waals surface area contributed by atoms with E-state index >= 15 is 0 Å². The summed E-state index contributed by atoms with van der Waals surface area (Å²) in [5, 5.41) is 13.1. The van der Waals surface area contributed by atoms with Crippen LogP contribution in [0.5, 0.6) is 0 Å². The summed E-state index contributed by atoms with van der Waals surface area (Å²) in [5.74, 6) is 0. The molecule has 78 valence electrons. The second kappa shape index (κ2) is 4.57. The largest absolute Gasteiger partial charge is 0.396 e. The van der Waals surface area contributed by atoms with Crippen LogP contribution in [0, 0.1) is 0 Å². The Morgan fingerprint density at radius 3 is 3.00 bits per heavy atom. The van der Waals surface area contributed by atoms with E-state index in [0.717, 1.165) is 31.6 Å².